The molecule has 0 radical (unpaired) electrons. The molecule has 2 N–H and O–H groups in total. The predicted octanol–water partition coefficient (Wildman–Crippen LogP) is 1.31. The average molecular weight is 319 g/mol. The lowest BCUT2D eigenvalue weighted by Crippen LogP contribution is -2.51. The maximum Gasteiger partial charge on any atom is 0.315 e. The molecule has 7 heteroatoms. The largest absolute Gasteiger partial charge is 0.378 e. The van der Waals surface area contributed by atoms with Crippen molar-refractivity contribution in [1.82, 2.24) is 20.6 Å². The molecule has 7 nitrogen and oxygen atoms in total. The molecule has 0 bridgehead atoms. The number of carbonyl (C=O) groups excluding carboxylic acids is 1. The quantitative estimate of drug-likeness (QED) is 0.855. The minimum atomic E-state index is -0.0937. The number of nitrogens with zero attached hydrogens (tertiary/aromatic N) is 3. The lowest BCUT2D eigenvalue weighted by atomic mass is 10.1. The van der Waals surface area contributed by atoms with E-state index in [0.29, 0.717) is 12.6 Å². The zero-order chi connectivity index (χ0) is 15.9. The van der Waals surface area contributed by atoms with Crippen LogP contribution in [0.1, 0.15) is 32.1 Å². The molecular formula is C16H25N5O2. The van der Waals surface area contributed by atoms with Crippen LogP contribution < -0.4 is 15.5 Å². The van der Waals surface area contributed by atoms with Crippen LogP contribution in [0.3, 0.4) is 0 Å². The number of anilines is 1. The second kappa shape index (κ2) is 8.10. The Balaban J connectivity index is 1.39. The first-order chi connectivity index (χ1) is 11.3. The number of aromatic nitrogens is 2. The number of hydrogen-bond acceptors (Lipinski definition) is 5. The Morgan fingerprint density at radius 3 is 2.96 bits per heavy atom. The van der Waals surface area contributed by atoms with Gasteiger partial charge in [-0.05, 0) is 38.2 Å². The summed E-state index contributed by atoms with van der Waals surface area (Å²) in [5.41, 5.74) is 0. The topological polar surface area (TPSA) is 79.4 Å². The fraction of sp³-hybridized carbons (Fsp3) is 0.688. The smallest absolute Gasteiger partial charge is 0.315 e. The summed E-state index contributed by atoms with van der Waals surface area (Å²) in [6.45, 7) is 3.21. The summed E-state index contributed by atoms with van der Waals surface area (Å²) in [4.78, 5) is 22.7. The molecule has 2 aliphatic rings. The summed E-state index contributed by atoms with van der Waals surface area (Å²) in [5, 5.41) is 5.99. The second-order valence-corrected chi connectivity index (χ2v) is 6.16. The molecule has 0 aliphatic carbocycles. The SMILES string of the molecule is O=C(NCC[C@@H]1CCCO1)N[C@H]1CCCN(c2ncccn2)C1. The van der Waals surface area contributed by atoms with Crippen LogP contribution in [0.2, 0.25) is 0 Å². The van der Waals surface area contributed by atoms with Gasteiger partial charge in [0, 0.05) is 44.7 Å². The third-order valence-electron chi connectivity index (χ3n) is 4.37. The number of rotatable bonds is 5. The van der Waals surface area contributed by atoms with Crippen LogP contribution in [0, 0.1) is 0 Å². The first-order valence-electron chi connectivity index (χ1n) is 8.49. The van der Waals surface area contributed by atoms with Crippen molar-refractivity contribution in [3.63, 3.8) is 0 Å². The molecule has 0 spiro atoms. The van der Waals surface area contributed by atoms with Crippen molar-refractivity contribution in [2.45, 2.75) is 44.2 Å². The van der Waals surface area contributed by atoms with Crippen LogP contribution in [-0.2, 0) is 4.74 Å². The highest BCUT2D eigenvalue weighted by Crippen LogP contribution is 2.16. The van der Waals surface area contributed by atoms with Crippen LogP contribution in [0.15, 0.2) is 18.5 Å². The van der Waals surface area contributed by atoms with Crippen molar-refractivity contribution in [3.05, 3.63) is 18.5 Å². The Hall–Kier alpha value is -1.89. The van der Waals surface area contributed by atoms with Crippen LogP contribution in [0.4, 0.5) is 10.7 Å². The zero-order valence-corrected chi connectivity index (χ0v) is 13.4. The first-order valence-corrected chi connectivity index (χ1v) is 8.49. The molecule has 126 valence electrons. The van der Waals surface area contributed by atoms with Crippen molar-refractivity contribution in [2.75, 3.05) is 31.1 Å². The molecule has 1 aromatic rings. The second-order valence-electron chi connectivity index (χ2n) is 6.16. The van der Waals surface area contributed by atoms with E-state index in [1.54, 1.807) is 12.4 Å². The lowest BCUT2D eigenvalue weighted by molar-refractivity contribution is 0.104. The summed E-state index contributed by atoms with van der Waals surface area (Å²) in [6.07, 6.45) is 8.96. The highest BCUT2D eigenvalue weighted by Gasteiger charge is 2.23. The molecular weight excluding hydrogens is 294 g/mol. The highest BCUT2D eigenvalue weighted by molar-refractivity contribution is 5.74. The Morgan fingerprint density at radius 1 is 1.30 bits per heavy atom. The van der Waals surface area contributed by atoms with Gasteiger partial charge in [-0.2, -0.15) is 0 Å². The number of piperidine rings is 1. The normalized spacial score (nSPS) is 24.4. The Labute approximate surface area is 136 Å². The fourth-order valence-electron chi connectivity index (χ4n) is 3.19. The summed E-state index contributed by atoms with van der Waals surface area (Å²) >= 11 is 0. The molecule has 0 saturated carbocycles. The van der Waals surface area contributed by atoms with E-state index in [4.69, 9.17) is 4.74 Å². The monoisotopic (exact) mass is 319 g/mol. The van der Waals surface area contributed by atoms with E-state index in [1.165, 1.54) is 0 Å². The van der Waals surface area contributed by atoms with Gasteiger partial charge in [0.2, 0.25) is 5.95 Å². The number of hydrogen-bond donors (Lipinski definition) is 2. The van der Waals surface area contributed by atoms with E-state index in [2.05, 4.69) is 25.5 Å². The van der Waals surface area contributed by atoms with E-state index in [1.807, 2.05) is 6.07 Å². The molecule has 2 aliphatic heterocycles. The molecule has 23 heavy (non-hydrogen) atoms. The maximum atomic E-state index is 12.0. The van der Waals surface area contributed by atoms with Gasteiger partial charge in [0.15, 0.2) is 0 Å². The minimum Gasteiger partial charge on any atom is -0.378 e. The Kier molecular flexibility index (Phi) is 5.63. The van der Waals surface area contributed by atoms with Crippen molar-refractivity contribution in [3.8, 4) is 0 Å². The van der Waals surface area contributed by atoms with Crippen LogP contribution in [-0.4, -0.2) is 54.4 Å². The van der Waals surface area contributed by atoms with Gasteiger partial charge in [-0.15, -0.1) is 0 Å². The van der Waals surface area contributed by atoms with Crippen molar-refractivity contribution in [1.29, 1.82) is 0 Å². The maximum absolute atomic E-state index is 12.0. The van der Waals surface area contributed by atoms with Crippen molar-refractivity contribution >= 4 is 12.0 Å². The summed E-state index contributed by atoms with van der Waals surface area (Å²) < 4.78 is 5.56. The fourth-order valence-corrected chi connectivity index (χ4v) is 3.19. The average Bonchev–Trinajstić information content (AvgIpc) is 3.09. The van der Waals surface area contributed by atoms with Gasteiger partial charge in [0.25, 0.3) is 0 Å². The molecule has 2 saturated heterocycles. The van der Waals surface area contributed by atoms with E-state index >= 15 is 0 Å². The van der Waals surface area contributed by atoms with E-state index < -0.39 is 0 Å². The lowest BCUT2D eigenvalue weighted by Gasteiger charge is -2.33. The van der Waals surface area contributed by atoms with Crippen LogP contribution in [0.25, 0.3) is 0 Å². The summed E-state index contributed by atoms with van der Waals surface area (Å²) in [5.74, 6) is 0.734. The number of ether oxygens (including phenoxy) is 1. The number of nitrogens with one attached hydrogen (secondary N) is 2. The number of carbonyl (C=O) groups is 1. The summed E-state index contributed by atoms with van der Waals surface area (Å²) in [6, 6.07) is 1.85. The third kappa shape index (κ3) is 4.79. The predicted molar refractivity (Wildman–Crippen MR) is 87.4 cm³/mol. The van der Waals surface area contributed by atoms with Gasteiger partial charge in [0.1, 0.15) is 0 Å². The van der Waals surface area contributed by atoms with Crippen LogP contribution in [0.5, 0.6) is 0 Å². The first kappa shape index (κ1) is 16.0. The third-order valence-corrected chi connectivity index (χ3v) is 4.37. The molecule has 2 atom stereocenters. The van der Waals surface area contributed by atoms with Crippen LogP contribution >= 0.6 is 0 Å². The van der Waals surface area contributed by atoms with E-state index in [9.17, 15) is 4.79 Å². The standard InChI is InChI=1S/C16H25N5O2/c22-16(19-9-6-14-5-2-11-23-14)20-13-4-1-10-21(12-13)15-17-7-3-8-18-15/h3,7-8,13-14H,1-2,4-6,9-12H2,(H2,19,20,22)/t13-,14-/m0/s1. The Morgan fingerprint density at radius 2 is 2.17 bits per heavy atom. The molecule has 3 rings (SSSR count). The highest BCUT2D eigenvalue weighted by atomic mass is 16.5. The van der Waals surface area contributed by atoms with Gasteiger partial charge < -0.3 is 20.3 Å². The van der Waals surface area contributed by atoms with Crippen molar-refractivity contribution < 1.29 is 9.53 Å². The molecule has 3 heterocycles. The molecule has 0 aromatic carbocycles. The minimum absolute atomic E-state index is 0.0937. The van der Waals surface area contributed by atoms with Gasteiger partial charge in [-0.25, -0.2) is 14.8 Å². The molecule has 0 unspecified atom stereocenters. The molecule has 1 aromatic heterocycles. The van der Waals surface area contributed by atoms with E-state index in [-0.39, 0.29) is 12.1 Å². The zero-order valence-electron chi connectivity index (χ0n) is 13.4. The van der Waals surface area contributed by atoms with Gasteiger partial charge >= 0.3 is 6.03 Å². The molecule has 2 amide bonds. The van der Waals surface area contributed by atoms with Gasteiger partial charge in [-0.3, -0.25) is 0 Å². The van der Waals surface area contributed by atoms with Gasteiger partial charge in [0.05, 0.1) is 6.10 Å². The van der Waals surface area contributed by atoms with Crippen molar-refractivity contribution in [2.24, 2.45) is 0 Å². The van der Waals surface area contributed by atoms with Gasteiger partial charge in [-0.1, -0.05) is 0 Å². The molecule has 2 fully saturated rings. The number of amides is 2. The number of urea groups is 1. The summed E-state index contributed by atoms with van der Waals surface area (Å²) in [7, 11) is 0. The Bertz CT molecular complexity index is 493. The van der Waals surface area contributed by atoms with E-state index in [0.717, 1.165) is 57.7 Å².